The van der Waals surface area contributed by atoms with Crippen molar-refractivity contribution < 1.29 is 19.4 Å². The zero-order valence-corrected chi connectivity index (χ0v) is 11.0. The van der Waals surface area contributed by atoms with E-state index in [0.717, 1.165) is 12.8 Å². The lowest BCUT2D eigenvalue weighted by Crippen LogP contribution is -2.27. The molecule has 2 unspecified atom stereocenters. The van der Waals surface area contributed by atoms with E-state index >= 15 is 0 Å². The minimum atomic E-state index is -0.785. The molecule has 1 N–H and O–H groups in total. The number of carbonyl (C=O) groups is 2. The van der Waals surface area contributed by atoms with Crippen LogP contribution < -0.4 is 4.74 Å². The van der Waals surface area contributed by atoms with Crippen molar-refractivity contribution in [3.05, 3.63) is 29.8 Å². The second-order valence-corrected chi connectivity index (χ2v) is 4.99. The molecule has 4 heteroatoms. The second-order valence-electron chi connectivity index (χ2n) is 4.99. The molecule has 0 bridgehead atoms. The largest absolute Gasteiger partial charge is 0.497 e. The van der Waals surface area contributed by atoms with E-state index in [0.29, 0.717) is 24.2 Å². The second kappa shape index (κ2) is 5.87. The number of hydrogen-bond donors (Lipinski definition) is 1. The Balaban J connectivity index is 2.07. The standard InChI is InChI=1S/C15H18O4/c1-19-13-7-5-10(6-8-13)14(16)11-3-2-4-12(9-11)15(17)18/h5-8,11-12H,2-4,9H2,1H3,(H,17,18). The lowest BCUT2D eigenvalue weighted by molar-refractivity contribution is -0.143. The molecule has 0 saturated heterocycles. The first-order valence-electron chi connectivity index (χ1n) is 6.53. The third-order valence-corrected chi connectivity index (χ3v) is 3.77. The van der Waals surface area contributed by atoms with Crippen LogP contribution in [-0.4, -0.2) is 24.0 Å². The fourth-order valence-corrected chi connectivity index (χ4v) is 2.64. The fraction of sp³-hybridized carbons (Fsp3) is 0.467. The summed E-state index contributed by atoms with van der Waals surface area (Å²) in [6.07, 6.45) is 2.74. The number of hydrogen-bond acceptors (Lipinski definition) is 3. The first-order valence-corrected chi connectivity index (χ1v) is 6.53. The number of ketones is 1. The van der Waals surface area contributed by atoms with Crippen molar-refractivity contribution in [3.8, 4) is 5.75 Å². The Morgan fingerprint density at radius 2 is 1.79 bits per heavy atom. The van der Waals surface area contributed by atoms with Crippen LogP contribution in [0.5, 0.6) is 5.75 Å². The van der Waals surface area contributed by atoms with Gasteiger partial charge in [-0.2, -0.15) is 0 Å². The Morgan fingerprint density at radius 1 is 1.16 bits per heavy atom. The number of rotatable bonds is 4. The fourth-order valence-electron chi connectivity index (χ4n) is 2.64. The van der Waals surface area contributed by atoms with Crippen molar-refractivity contribution in [2.45, 2.75) is 25.7 Å². The van der Waals surface area contributed by atoms with Gasteiger partial charge in [-0.1, -0.05) is 6.42 Å². The highest BCUT2D eigenvalue weighted by atomic mass is 16.5. The molecule has 1 aromatic rings. The average Bonchev–Trinajstić information content (AvgIpc) is 2.46. The van der Waals surface area contributed by atoms with E-state index in [4.69, 9.17) is 9.84 Å². The summed E-state index contributed by atoms with van der Waals surface area (Å²) in [6.45, 7) is 0. The van der Waals surface area contributed by atoms with Crippen LogP contribution in [-0.2, 0) is 4.79 Å². The molecular weight excluding hydrogens is 244 g/mol. The maximum atomic E-state index is 12.3. The van der Waals surface area contributed by atoms with Gasteiger partial charge in [0.05, 0.1) is 13.0 Å². The Morgan fingerprint density at radius 3 is 2.37 bits per heavy atom. The third kappa shape index (κ3) is 3.13. The molecule has 1 fully saturated rings. The van der Waals surface area contributed by atoms with Crippen molar-refractivity contribution in [3.63, 3.8) is 0 Å². The summed E-state index contributed by atoms with van der Waals surface area (Å²) >= 11 is 0. The minimum Gasteiger partial charge on any atom is -0.497 e. The SMILES string of the molecule is COc1ccc(C(=O)C2CCCC(C(=O)O)C2)cc1. The van der Waals surface area contributed by atoms with Gasteiger partial charge < -0.3 is 9.84 Å². The van der Waals surface area contributed by atoms with Gasteiger partial charge in [-0.15, -0.1) is 0 Å². The van der Waals surface area contributed by atoms with Crippen LogP contribution in [0.3, 0.4) is 0 Å². The lowest BCUT2D eigenvalue weighted by atomic mass is 9.78. The zero-order chi connectivity index (χ0) is 13.8. The molecule has 4 nitrogen and oxygen atoms in total. The molecule has 102 valence electrons. The van der Waals surface area contributed by atoms with Gasteiger partial charge in [0.15, 0.2) is 5.78 Å². The molecule has 19 heavy (non-hydrogen) atoms. The van der Waals surface area contributed by atoms with Crippen LogP contribution in [0.1, 0.15) is 36.0 Å². The van der Waals surface area contributed by atoms with Crippen molar-refractivity contribution in [2.24, 2.45) is 11.8 Å². The van der Waals surface area contributed by atoms with Gasteiger partial charge in [-0.05, 0) is 43.5 Å². The topological polar surface area (TPSA) is 63.6 Å². The van der Waals surface area contributed by atoms with Gasteiger partial charge in [-0.3, -0.25) is 9.59 Å². The van der Waals surface area contributed by atoms with Crippen molar-refractivity contribution in [1.82, 2.24) is 0 Å². The number of carbonyl (C=O) groups excluding carboxylic acids is 1. The first-order chi connectivity index (χ1) is 9.11. The van der Waals surface area contributed by atoms with Gasteiger partial charge in [0.25, 0.3) is 0 Å². The molecular formula is C15H18O4. The number of carboxylic acid groups (broad SMARTS) is 1. The number of benzene rings is 1. The Kier molecular flexibility index (Phi) is 4.20. The van der Waals surface area contributed by atoms with E-state index in [-0.39, 0.29) is 17.6 Å². The predicted octanol–water partition coefficient (Wildman–Crippen LogP) is 2.77. The highest BCUT2D eigenvalue weighted by Crippen LogP contribution is 2.31. The molecule has 0 heterocycles. The van der Waals surface area contributed by atoms with E-state index in [9.17, 15) is 9.59 Å². The Hall–Kier alpha value is -1.84. The number of ether oxygens (including phenoxy) is 1. The highest BCUT2D eigenvalue weighted by molar-refractivity contribution is 5.98. The summed E-state index contributed by atoms with van der Waals surface area (Å²) in [6, 6.07) is 6.99. The van der Waals surface area contributed by atoms with Crippen LogP contribution >= 0.6 is 0 Å². The molecule has 1 aliphatic carbocycles. The van der Waals surface area contributed by atoms with Crippen LogP contribution in [0, 0.1) is 11.8 Å². The van der Waals surface area contributed by atoms with Crippen LogP contribution in [0.15, 0.2) is 24.3 Å². The van der Waals surface area contributed by atoms with Gasteiger partial charge in [0, 0.05) is 11.5 Å². The Bertz CT molecular complexity index is 464. The summed E-state index contributed by atoms with van der Waals surface area (Å²) in [5.41, 5.74) is 0.636. The Labute approximate surface area is 112 Å². The first kappa shape index (κ1) is 13.6. The monoisotopic (exact) mass is 262 g/mol. The molecule has 0 amide bonds. The molecule has 1 aromatic carbocycles. The van der Waals surface area contributed by atoms with Crippen LogP contribution in [0.4, 0.5) is 0 Å². The molecule has 2 rings (SSSR count). The quantitative estimate of drug-likeness (QED) is 0.847. The van der Waals surface area contributed by atoms with E-state index in [1.807, 2.05) is 0 Å². The third-order valence-electron chi connectivity index (χ3n) is 3.77. The van der Waals surface area contributed by atoms with Gasteiger partial charge >= 0.3 is 5.97 Å². The van der Waals surface area contributed by atoms with Crippen LogP contribution in [0.2, 0.25) is 0 Å². The highest BCUT2D eigenvalue weighted by Gasteiger charge is 2.31. The molecule has 1 aliphatic rings. The minimum absolute atomic E-state index is 0.0496. The van der Waals surface area contributed by atoms with Gasteiger partial charge in [-0.25, -0.2) is 0 Å². The molecule has 2 atom stereocenters. The van der Waals surface area contributed by atoms with Crippen LogP contribution in [0.25, 0.3) is 0 Å². The van der Waals surface area contributed by atoms with Crippen molar-refractivity contribution in [1.29, 1.82) is 0 Å². The van der Waals surface area contributed by atoms with E-state index in [1.165, 1.54) is 0 Å². The number of methoxy groups -OCH3 is 1. The summed E-state index contributed by atoms with van der Waals surface area (Å²) in [7, 11) is 1.58. The number of carboxylic acids is 1. The maximum Gasteiger partial charge on any atom is 0.306 e. The van der Waals surface area contributed by atoms with Gasteiger partial charge in [0.2, 0.25) is 0 Å². The summed E-state index contributed by atoms with van der Waals surface area (Å²) in [5, 5.41) is 9.05. The van der Waals surface area contributed by atoms with E-state index in [1.54, 1.807) is 31.4 Å². The molecule has 0 radical (unpaired) electrons. The normalized spacial score (nSPS) is 22.8. The molecule has 1 saturated carbocycles. The summed E-state index contributed by atoms with van der Waals surface area (Å²) in [5.74, 6) is -0.561. The smallest absolute Gasteiger partial charge is 0.306 e. The van der Waals surface area contributed by atoms with Crippen molar-refractivity contribution in [2.75, 3.05) is 7.11 Å². The van der Waals surface area contributed by atoms with Crippen molar-refractivity contribution >= 4 is 11.8 Å². The number of aliphatic carboxylic acids is 1. The summed E-state index contributed by atoms with van der Waals surface area (Å²) in [4.78, 5) is 23.3. The maximum absolute atomic E-state index is 12.3. The number of Topliss-reactive ketones (excluding diaryl/α,β-unsaturated/α-hetero) is 1. The average molecular weight is 262 g/mol. The predicted molar refractivity (Wildman–Crippen MR) is 70.4 cm³/mol. The summed E-state index contributed by atoms with van der Waals surface area (Å²) < 4.78 is 5.05. The molecule has 0 spiro atoms. The zero-order valence-electron chi connectivity index (χ0n) is 11.0. The lowest BCUT2D eigenvalue weighted by Gasteiger charge is -2.25. The van der Waals surface area contributed by atoms with Gasteiger partial charge in [0.1, 0.15) is 5.75 Å². The van der Waals surface area contributed by atoms with E-state index in [2.05, 4.69) is 0 Å². The molecule has 0 aliphatic heterocycles. The van der Waals surface area contributed by atoms with E-state index < -0.39 is 5.97 Å². The molecule has 0 aromatic heterocycles.